The van der Waals surface area contributed by atoms with Gasteiger partial charge in [-0.1, -0.05) is 11.6 Å². The highest BCUT2D eigenvalue weighted by Crippen LogP contribution is 2.43. The maximum Gasteiger partial charge on any atom is 0.139 e. The van der Waals surface area contributed by atoms with Crippen LogP contribution in [0.25, 0.3) is 0 Å². The molecule has 0 saturated heterocycles. The second-order valence-corrected chi connectivity index (χ2v) is 4.10. The normalized spacial score (nSPS) is 18.2. The Labute approximate surface area is 86.5 Å². The first-order valence-electron chi connectivity index (χ1n) is 4.53. The van der Waals surface area contributed by atoms with E-state index in [1.165, 1.54) is 6.07 Å². The average molecular weight is 216 g/mol. The van der Waals surface area contributed by atoms with Crippen molar-refractivity contribution in [1.29, 1.82) is 0 Å². The van der Waals surface area contributed by atoms with Gasteiger partial charge in [-0.05, 0) is 30.9 Å². The number of phenolic OH excluding ortho intramolecular Hbond substituents is 1. The topological polar surface area (TPSA) is 46.2 Å². The van der Waals surface area contributed by atoms with Crippen LogP contribution in [-0.4, -0.2) is 5.11 Å². The molecule has 0 radical (unpaired) electrons. The molecule has 1 aromatic rings. The largest absolute Gasteiger partial charge is 0.506 e. The molecule has 1 aliphatic rings. The molecule has 0 spiro atoms. The van der Waals surface area contributed by atoms with Gasteiger partial charge in [0.15, 0.2) is 0 Å². The lowest BCUT2D eigenvalue weighted by Gasteiger charge is -2.13. The van der Waals surface area contributed by atoms with Gasteiger partial charge in [-0.25, -0.2) is 4.39 Å². The molecule has 1 saturated carbocycles. The Morgan fingerprint density at radius 3 is 2.71 bits per heavy atom. The van der Waals surface area contributed by atoms with Crippen LogP contribution in [0, 0.1) is 11.7 Å². The first-order valence-corrected chi connectivity index (χ1v) is 4.91. The van der Waals surface area contributed by atoms with Crippen molar-refractivity contribution >= 4 is 11.6 Å². The van der Waals surface area contributed by atoms with Gasteiger partial charge in [-0.15, -0.1) is 0 Å². The van der Waals surface area contributed by atoms with Gasteiger partial charge < -0.3 is 10.8 Å². The van der Waals surface area contributed by atoms with E-state index in [0.717, 1.165) is 18.9 Å². The summed E-state index contributed by atoms with van der Waals surface area (Å²) in [7, 11) is 0. The van der Waals surface area contributed by atoms with Crippen LogP contribution in [0.4, 0.5) is 4.39 Å². The van der Waals surface area contributed by atoms with Crippen LogP contribution in [0.15, 0.2) is 12.1 Å². The summed E-state index contributed by atoms with van der Waals surface area (Å²) in [5.41, 5.74) is 6.27. The smallest absolute Gasteiger partial charge is 0.139 e. The molecule has 3 N–H and O–H groups in total. The highest BCUT2D eigenvalue weighted by Gasteiger charge is 2.31. The third-order valence-electron chi connectivity index (χ3n) is 2.55. The Morgan fingerprint density at radius 1 is 1.50 bits per heavy atom. The molecular formula is C10H11ClFNO. The van der Waals surface area contributed by atoms with Gasteiger partial charge in [-0.2, -0.15) is 0 Å². The van der Waals surface area contributed by atoms with Crippen molar-refractivity contribution in [2.24, 2.45) is 11.7 Å². The van der Waals surface area contributed by atoms with E-state index in [2.05, 4.69) is 0 Å². The lowest BCUT2D eigenvalue weighted by atomic mass is 10.0. The molecule has 14 heavy (non-hydrogen) atoms. The summed E-state index contributed by atoms with van der Waals surface area (Å²) in [6, 6.07) is 2.03. The van der Waals surface area contributed by atoms with E-state index in [-0.39, 0.29) is 16.8 Å². The minimum absolute atomic E-state index is 0.0242. The Kier molecular flexibility index (Phi) is 2.37. The molecule has 0 bridgehead atoms. The molecule has 1 aromatic carbocycles. The standard InChI is InChI=1S/C10H11ClFNO/c11-8-4-6(12)3-7(10(8)14)9(13)5-1-2-5/h3-5,9,14H,1-2,13H2/t9-/m1/s1. The minimum Gasteiger partial charge on any atom is -0.506 e. The first kappa shape index (κ1) is 9.74. The van der Waals surface area contributed by atoms with Crippen LogP contribution in [0.3, 0.4) is 0 Å². The predicted molar refractivity (Wildman–Crippen MR) is 52.7 cm³/mol. The fourth-order valence-electron chi connectivity index (χ4n) is 1.55. The van der Waals surface area contributed by atoms with Crippen LogP contribution < -0.4 is 5.73 Å². The van der Waals surface area contributed by atoms with E-state index in [0.29, 0.717) is 11.5 Å². The van der Waals surface area contributed by atoms with Crippen molar-refractivity contribution in [1.82, 2.24) is 0 Å². The molecule has 4 heteroatoms. The molecule has 2 rings (SSSR count). The van der Waals surface area contributed by atoms with E-state index in [4.69, 9.17) is 17.3 Å². The first-order chi connectivity index (χ1) is 6.59. The van der Waals surface area contributed by atoms with Crippen molar-refractivity contribution in [2.45, 2.75) is 18.9 Å². The number of rotatable bonds is 2. The van der Waals surface area contributed by atoms with Crippen molar-refractivity contribution < 1.29 is 9.50 Å². The molecular weight excluding hydrogens is 205 g/mol. The summed E-state index contributed by atoms with van der Waals surface area (Å²) in [5, 5.41) is 9.61. The van der Waals surface area contributed by atoms with Crippen LogP contribution >= 0.6 is 11.6 Å². The average Bonchev–Trinajstić information content (AvgIpc) is 2.93. The van der Waals surface area contributed by atoms with E-state index >= 15 is 0 Å². The van der Waals surface area contributed by atoms with Crippen molar-refractivity contribution in [3.63, 3.8) is 0 Å². The third kappa shape index (κ3) is 1.70. The number of benzene rings is 1. The number of aromatic hydroxyl groups is 1. The summed E-state index contributed by atoms with van der Waals surface area (Å²) in [4.78, 5) is 0. The van der Waals surface area contributed by atoms with Crippen molar-refractivity contribution in [3.8, 4) is 5.75 Å². The van der Waals surface area contributed by atoms with Gasteiger partial charge >= 0.3 is 0 Å². The van der Waals surface area contributed by atoms with E-state index in [1.807, 2.05) is 0 Å². The lowest BCUT2D eigenvalue weighted by Crippen LogP contribution is -2.12. The third-order valence-corrected chi connectivity index (χ3v) is 2.83. The molecule has 0 unspecified atom stereocenters. The Hall–Kier alpha value is -0.800. The number of hydrogen-bond acceptors (Lipinski definition) is 2. The number of halogens is 2. The Bertz CT molecular complexity index is 365. The highest BCUT2D eigenvalue weighted by atomic mass is 35.5. The maximum absolute atomic E-state index is 13.0. The van der Waals surface area contributed by atoms with Crippen LogP contribution in [0.2, 0.25) is 5.02 Å². The molecule has 0 amide bonds. The molecule has 2 nitrogen and oxygen atoms in total. The fourth-order valence-corrected chi connectivity index (χ4v) is 1.76. The number of hydrogen-bond donors (Lipinski definition) is 2. The summed E-state index contributed by atoms with van der Waals surface area (Å²) < 4.78 is 13.0. The number of phenols is 1. The summed E-state index contributed by atoms with van der Waals surface area (Å²) in [5.74, 6) is -0.190. The van der Waals surface area contributed by atoms with E-state index < -0.39 is 5.82 Å². The zero-order valence-corrected chi connectivity index (χ0v) is 8.26. The van der Waals surface area contributed by atoms with Gasteiger partial charge in [0.1, 0.15) is 11.6 Å². The molecule has 1 atom stereocenters. The summed E-state index contributed by atoms with van der Waals surface area (Å²) in [6.07, 6.45) is 2.07. The zero-order chi connectivity index (χ0) is 10.3. The van der Waals surface area contributed by atoms with Gasteiger partial charge in [0.25, 0.3) is 0 Å². The van der Waals surface area contributed by atoms with Gasteiger partial charge in [0.2, 0.25) is 0 Å². The lowest BCUT2D eigenvalue weighted by molar-refractivity contribution is 0.453. The van der Waals surface area contributed by atoms with Gasteiger partial charge in [0.05, 0.1) is 5.02 Å². The molecule has 1 fully saturated rings. The summed E-state index contributed by atoms with van der Waals surface area (Å²) >= 11 is 5.64. The SMILES string of the molecule is N[C@@H](c1cc(F)cc(Cl)c1O)C1CC1. The molecule has 0 aromatic heterocycles. The highest BCUT2D eigenvalue weighted by molar-refractivity contribution is 6.32. The van der Waals surface area contributed by atoms with Gasteiger partial charge in [-0.3, -0.25) is 0 Å². The molecule has 0 heterocycles. The second kappa shape index (κ2) is 3.41. The van der Waals surface area contributed by atoms with Crippen molar-refractivity contribution in [3.05, 3.63) is 28.5 Å². The minimum atomic E-state index is -0.459. The monoisotopic (exact) mass is 215 g/mol. The molecule has 76 valence electrons. The zero-order valence-electron chi connectivity index (χ0n) is 7.50. The van der Waals surface area contributed by atoms with E-state index in [1.54, 1.807) is 0 Å². The van der Waals surface area contributed by atoms with Crippen molar-refractivity contribution in [2.75, 3.05) is 0 Å². The van der Waals surface area contributed by atoms with E-state index in [9.17, 15) is 9.50 Å². The van der Waals surface area contributed by atoms with Crippen LogP contribution in [0.5, 0.6) is 5.75 Å². The predicted octanol–water partition coefficient (Wildman–Crippen LogP) is 2.59. The quantitative estimate of drug-likeness (QED) is 0.797. The second-order valence-electron chi connectivity index (χ2n) is 3.69. The maximum atomic E-state index is 13.0. The molecule has 0 aliphatic heterocycles. The summed E-state index contributed by atoms with van der Waals surface area (Å²) in [6.45, 7) is 0. The molecule has 1 aliphatic carbocycles. The van der Waals surface area contributed by atoms with Gasteiger partial charge in [0, 0.05) is 11.6 Å². The Morgan fingerprint density at radius 2 is 2.14 bits per heavy atom. The number of nitrogens with two attached hydrogens (primary N) is 1. The fraction of sp³-hybridized carbons (Fsp3) is 0.400. The van der Waals surface area contributed by atoms with Crippen LogP contribution in [0.1, 0.15) is 24.4 Å². The Balaban J connectivity index is 2.39. The van der Waals surface area contributed by atoms with Crippen LogP contribution in [-0.2, 0) is 0 Å².